The lowest BCUT2D eigenvalue weighted by Gasteiger charge is -2.30. The van der Waals surface area contributed by atoms with Crippen LogP contribution in [-0.2, 0) is 16.1 Å². The Kier molecular flexibility index (Phi) is 4.94. The Morgan fingerprint density at radius 3 is 2.50 bits per heavy atom. The van der Waals surface area contributed by atoms with Crippen LogP contribution in [0.25, 0.3) is 0 Å². The second kappa shape index (κ2) is 7.13. The molecule has 2 fully saturated rings. The summed E-state index contributed by atoms with van der Waals surface area (Å²) < 4.78 is 0. The Balaban J connectivity index is 1.60. The van der Waals surface area contributed by atoms with Gasteiger partial charge in [0.25, 0.3) is 5.91 Å². The van der Waals surface area contributed by atoms with Crippen molar-refractivity contribution < 1.29 is 14.4 Å². The number of likely N-dealkylation sites (tertiary alicyclic amines) is 1. The topological polar surface area (TPSA) is 78.5 Å². The molecule has 24 heavy (non-hydrogen) atoms. The minimum absolute atomic E-state index is 0.0876. The van der Waals surface area contributed by atoms with Crippen molar-refractivity contribution in [1.82, 2.24) is 15.5 Å². The van der Waals surface area contributed by atoms with Gasteiger partial charge in [-0.1, -0.05) is 19.1 Å². The molecule has 3 rings (SSSR count). The molecule has 1 aromatic carbocycles. The highest BCUT2D eigenvalue weighted by atomic mass is 16.2. The van der Waals surface area contributed by atoms with Crippen LogP contribution in [0.1, 0.15) is 42.1 Å². The van der Waals surface area contributed by atoms with E-state index in [0.29, 0.717) is 24.3 Å². The van der Waals surface area contributed by atoms with Gasteiger partial charge in [0.05, 0.1) is 6.54 Å². The largest absolute Gasteiger partial charge is 0.348 e. The molecule has 0 spiro atoms. The second-order valence-corrected chi connectivity index (χ2v) is 6.62. The molecule has 0 aromatic heterocycles. The highest BCUT2D eigenvalue weighted by Gasteiger charge is 2.28. The van der Waals surface area contributed by atoms with Crippen LogP contribution < -0.4 is 10.6 Å². The zero-order chi connectivity index (χ0) is 17.1. The lowest BCUT2D eigenvalue weighted by atomic mass is 9.94. The van der Waals surface area contributed by atoms with Crippen molar-refractivity contribution >= 4 is 17.7 Å². The smallest absolute Gasteiger partial charge is 0.251 e. The second-order valence-electron chi connectivity index (χ2n) is 6.62. The van der Waals surface area contributed by atoms with E-state index in [0.717, 1.165) is 25.1 Å². The lowest BCUT2D eigenvalue weighted by Crippen LogP contribution is -2.50. The summed E-state index contributed by atoms with van der Waals surface area (Å²) in [6.45, 7) is 4.22. The number of amides is 3. The summed E-state index contributed by atoms with van der Waals surface area (Å²) in [4.78, 5) is 36.9. The van der Waals surface area contributed by atoms with Gasteiger partial charge < -0.3 is 10.6 Å². The molecule has 2 unspecified atom stereocenters. The van der Waals surface area contributed by atoms with Crippen LogP contribution in [0.5, 0.6) is 0 Å². The molecule has 1 aromatic rings. The van der Waals surface area contributed by atoms with Crippen molar-refractivity contribution in [3.05, 3.63) is 35.4 Å². The molecule has 128 valence electrons. The molecule has 2 saturated heterocycles. The van der Waals surface area contributed by atoms with E-state index >= 15 is 0 Å². The van der Waals surface area contributed by atoms with E-state index < -0.39 is 0 Å². The summed E-state index contributed by atoms with van der Waals surface area (Å²) in [5.41, 5.74) is 1.44. The van der Waals surface area contributed by atoms with Crippen molar-refractivity contribution in [3.8, 4) is 0 Å². The van der Waals surface area contributed by atoms with E-state index in [2.05, 4.69) is 17.6 Å². The highest BCUT2D eigenvalue weighted by molar-refractivity contribution is 6.01. The summed E-state index contributed by atoms with van der Waals surface area (Å²) in [5.74, 6) is 0.123. The van der Waals surface area contributed by atoms with Gasteiger partial charge >= 0.3 is 0 Å². The van der Waals surface area contributed by atoms with Crippen molar-refractivity contribution in [2.45, 2.75) is 38.8 Å². The summed E-state index contributed by atoms with van der Waals surface area (Å²) in [6, 6.07) is 7.24. The van der Waals surface area contributed by atoms with Gasteiger partial charge in [-0.3, -0.25) is 19.3 Å². The Morgan fingerprint density at radius 1 is 1.21 bits per heavy atom. The van der Waals surface area contributed by atoms with Gasteiger partial charge in [-0.15, -0.1) is 0 Å². The summed E-state index contributed by atoms with van der Waals surface area (Å²) in [6.07, 6.45) is 1.65. The van der Waals surface area contributed by atoms with Gasteiger partial charge in [0.1, 0.15) is 0 Å². The fourth-order valence-electron chi connectivity index (χ4n) is 3.18. The summed E-state index contributed by atoms with van der Waals surface area (Å²) in [7, 11) is 0. The van der Waals surface area contributed by atoms with E-state index in [4.69, 9.17) is 0 Å². The molecule has 0 saturated carbocycles. The zero-order valence-electron chi connectivity index (χ0n) is 13.9. The maximum Gasteiger partial charge on any atom is 0.251 e. The van der Waals surface area contributed by atoms with Crippen LogP contribution >= 0.6 is 0 Å². The first-order valence-corrected chi connectivity index (χ1v) is 8.48. The number of piperidine rings is 1. The lowest BCUT2D eigenvalue weighted by molar-refractivity contribution is -0.139. The minimum atomic E-state index is -0.124. The van der Waals surface area contributed by atoms with Crippen LogP contribution in [0.4, 0.5) is 0 Å². The maximum atomic E-state index is 12.4. The number of rotatable bonds is 4. The molecule has 0 bridgehead atoms. The van der Waals surface area contributed by atoms with E-state index in [1.807, 2.05) is 0 Å². The molecule has 6 heteroatoms. The molecular formula is C18H23N3O3. The summed E-state index contributed by atoms with van der Waals surface area (Å²) in [5, 5.41) is 6.37. The van der Waals surface area contributed by atoms with Gasteiger partial charge in [0.15, 0.2) is 0 Å². The molecule has 0 radical (unpaired) electrons. The molecule has 2 heterocycles. The molecule has 2 atom stereocenters. The molecule has 2 aliphatic rings. The first kappa shape index (κ1) is 16.6. The van der Waals surface area contributed by atoms with Crippen LogP contribution in [0, 0.1) is 5.92 Å². The molecule has 2 N–H and O–H groups in total. The first-order valence-electron chi connectivity index (χ1n) is 8.48. The van der Waals surface area contributed by atoms with E-state index in [1.54, 1.807) is 24.3 Å². The predicted octanol–water partition coefficient (Wildman–Crippen LogP) is 1.06. The van der Waals surface area contributed by atoms with Gasteiger partial charge in [-0.05, 0) is 36.6 Å². The Hall–Kier alpha value is -2.21. The van der Waals surface area contributed by atoms with Crippen molar-refractivity contribution in [2.75, 3.05) is 13.1 Å². The third kappa shape index (κ3) is 3.64. The van der Waals surface area contributed by atoms with Crippen LogP contribution in [0.2, 0.25) is 0 Å². The normalized spacial score (nSPS) is 24.3. The summed E-state index contributed by atoms with van der Waals surface area (Å²) >= 11 is 0. The molecular weight excluding hydrogens is 306 g/mol. The van der Waals surface area contributed by atoms with Crippen molar-refractivity contribution in [2.24, 2.45) is 5.92 Å². The van der Waals surface area contributed by atoms with E-state index in [-0.39, 0.29) is 30.3 Å². The first-order chi connectivity index (χ1) is 11.5. The van der Waals surface area contributed by atoms with Gasteiger partial charge in [0.2, 0.25) is 11.8 Å². The average molecular weight is 329 g/mol. The highest BCUT2D eigenvalue weighted by Crippen LogP contribution is 2.17. The van der Waals surface area contributed by atoms with Crippen LogP contribution in [0.15, 0.2) is 24.3 Å². The SMILES string of the molecule is CC1CCNCC1NC(=O)c1ccc(CN2C(=O)CCC2=O)cc1. The Morgan fingerprint density at radius 2 is 1.88 bits per heavy atom. The number of carbonyl (C=O) groups is 3. The number of hydrogen-bond donors (Lipinski definition) is 2. The Labute approximate surface area is 141 Å². The fraction of sp³-hybridized carbons (Fsp3) is 0.500. The minimum Gasteiger partial charge on any atom is -0.348 e. The number of benzene rings is 1. The number of hydrogen-bond acceptors (Lipinski definition) is 4. The van der Waals surface area contributed by atoms with Gasteiger partial charge in [-0.25, -0.2) is 0 Å². The fourth-order valence-corrected chi connectivity index (χ4v) is 3.18. The third-order valence-corrected chi connectivity index (χ3v) is 4.86. The van der Waals surface area contributed by atoms with Crippen molar-refractivity contribution in [3.63, 3.8) is 0 Å². The number of carbonyl (C=O) groups excluding carboxylic acids is 3. The monoisotopic (exact) mass is 329 g/mol. The molecule has 6 nitrogen and oxygen atoms in total. The number of imide groups is 1. The number of nitrogens with one attached hydrogen (secondary N) is 2. The van der Waals surface area contributed by atoms with Gasteiger partial charge in [0, 0.05) is 31.0 Å². The molecule has 0 aliphatic carbocycles. The zero-order valence-corrected chi connectivity index (χ0v) is 13.9. The molecule has 2 aliphatic heterocycles. The average Bonchev–Trinajstić information content (AvgIpc) is 2.89. The maximum absolute atomic E-state index is 12.4. The number of nitrogens with zero attached hydrogens (tertiary/aromatic N) is 1. The third-order valence-electron chi connectivity index (χ3n) is 4.86. The predicted molar refractivity (Wildman–Crippen MR) is 89.1 cm³/mol. The van der Waals surface area contributed by atoms with Crippen LogP contribution in [-0.4, -0.2) is 41.8 Å². The van der Waals surface area contributed by atoms with Crippen molar-refractivity contribution in [1.29, 1.82) is 0 Å². The quantitative estimate of drug-likeness (QED) is 0.810. The van der Waals surface area contributed by atoms with E-state index in [9.17, 15) is 14.4 Å². The van der Waals surface area contributed by atoms with Gasteiger partial charge in [-0.2, -0.15) is 0 Å². The standard InChI is InChI=1S/C18H23N3O3/c1-12-8-9-19-10-15(12)20-18(24)14-4-2-13(3-5-14)11-21-16(22)6-7-17(21)23/h2-5,12,15,19H,6-11H2,1H3,(H,20,24). The van der Waals surface area contributed by atoms with E-state index in [1.165, 1.54) is 4.90 Å². The van der Waals surface area contributed by atoms with Crippen LogP contribution in [0.3, 0.4) is 0 Å². The Bertz CT molecular complexity index is 625. The molecule has 3 amide bonds.